The van der Waals surface area contributed by atoms with Gasteiger partial charge in [-0.15, -0.1) is 0 Å². The standard InChI is InChI=1S/C9H15F3O/c1-6(2)7(3)8(13)4-5-9(10,11)12/h6-7H,4-5H2,1-3H3. The SMILES string of the molecule is CC(C)C(C)C(=O)CCC(F)(F)F. The predicted molar refractivity (Wildman–Crippen MR) is 44.3 cm³/mol. The Morgan fingerprint density at radius 3 is 2.00 bits per heavy atom. The van der Waals surface area contributed by atoms with E-state index < -0.39 is 12.6 Å². The third kappa shape index (κ3) is 5.66. The second-order valence-electron chi connectivity index (χ2n) is 3.61. The first kappa shape index (κ1) is 12.5. The lowest BCUT2D eigenvalue weighted by atomic mass is 9.91. The van der Waals surface area contributed by atoms with Crippen LogP contribution in [0.5, 0.6) is 0 Å². The van der Waals surface area contributed by atoms with Crippen LogP contribution in [0.3, 0.4) is 0 Å². The smallest absolute Gasteiger partial charge is 0.299 e. The topological polar surface area (TPSA) is 17.1 Å². The summed E-state index contributed by atoms with van der Waals surface area (Å²) in [4.78, 5) is 11.1. The molecule has 0 amide bonds. The highest BCUT2D eigenvalue weighted by atomic mass is 19.4. The quantitative estimate of drug-likeness (QED) is 0.674. The number of ketones is 1. The first-order valence-electron chi connectivity index (χ1n) is 4.33. The molecule has 0 saturated carbocycles. The van der Waals surface area contributed by atoms with Gasteiger partial charge in [0.1, 0.15) is 5.78 Å². The van der Waals surface area contributed by atoms with Gasteiger partial charge in [0.05, 0.1) is 6.42 Å². The van der Waals surface area contributed by atoms with Gasteiger partial charge >= 0.3 is 6.18 Å². The minimum absolute atomic E-state index is 0.112. The number of halogens is 3. The average molecular weight is 196 g/mol. The van der Waals surface area contributed by atoms with Gasteiger partial charge in [-0.1, -0.05) is 20.8 Å². The lowest BCUT2D eigenvalue weighted by Crippen LogP contribution is -2.19. The van der Waals surface area contributed by atoms with Crippen molar-refractivity contribution >= 4 is 5.78 Å². The normalized spacial score (nSPS) is 14.7. The van der Waals surface area contributed by atoms with Crippen molar-refractivity contribution in [2.75, 3.05) is 0 Å². The zero-order chi connectivity index (χ0) is 10.6. The Labute approximate surface area is 76.3 Å². The lowest BCUT2D eigenvalue weighted by Gasteiger charge is -2.14. The first-order chi connectivity index (χ1) is 5.74. The maximum atomic E-state index is 11.7. The molecule has 13 heavy (non-hydrogen) atoms. The Kier molecular flexibility index (Phi) is 4.44. The molecule has 1 atom stereocenters. The molecule has 0 aromatic rings. The summed E-state index contributed by atoms with van der Waals surface area (Å²) < 4.78 is 35.2. The van der Waals surface area contributed by atoms with E-state index in [1.165, 1.54) is 0 Å². The second kappa shape index (κ2) is 4.63. The summed E-state index contributed by atoms with van der Waals surface area (Å²) in [6.45, 7) is 5.33. The highest BCUT2D eigenvalue weighted by Gasteiger charge is 2.29. The zero-order valence-corrected chi connectivity index (χ0v) is 8.11. The monoisotopic (exact) mass is 196 g/mol. The fourth-order valence-corrected chi connectivity index (χ4v) is 0.864. The molecule has 78 valence electrons. The second-order valence-corrected chi connectivity index (χ2v) is 3.61. The fraction of sp³-hybridized carbons (Fsp3) is 0.889. The lowest BCUT2D eigenvalue weighted by molar-refractivity contribution is -0.145. The Morgan fingerprint density at radius 2 is 1.69 bits per heavy atom. The largest absolute Gasteiger partial charge is 0.389 e. The Morgan fingerprint density at radius 1 is 1.23 bits per heavy atom. The van der Waals surface area contributed by atoms with E-state index in [1.807, 2.05) is 13.8 Å². The van der Waals surface area contributed by atoms with Crippen LogP contribution in [0.1, 0.15) is 33.6 Å². The predicted octanol–water partition coefficient (Wildman–Crippen LogP) is 3.19. The van der Waals surface area contributed by atoms with E-state index in [1.54, 1.807) is 6.92 Å². The van der Waals surface area contributed by atoms with E-state index in [2.05, 4.69) is 0 Å². The number of carbonyl (C=O) groups excluding carboxylic acids is 1. The van der Waals surface area contributed by atoms with Crippen LogP contribution >= 0.6 is 0 Å². The molecule has 0 fully saturated rings. The molecular formula is C9H15F3O. The van der Waals surface area contributed by atoms with Crippen molar-refractivity contribution in [1.82, 2.24) is 0 Å². The molecule has 4 heteroatoms. The van der Waals surface area contributed by atoms with Crippen molar-refractivity contribution in [3.63, 3.8) is 0 Å². The number of hydrogen-bond acceptors (Lipinski definition) is 1. The molecular weight excluding hydrogens is 181 g/mol. The average Bonchev–Trinajstić information content (AvgIpc) is 1.97. The van der Waals surface area contributed by atoms with Crippen LogP contribution in [0.4, 0.5) is 13.2 Å². The van der Waals surface area contributed by atoms with Crippen LogP contribution < -0.4 is 0 Å². The maximum Gasteiger partial charge on any atom is 0.389 e. The molecule has 0 rings (SSSR count). The van der Waals surface area contributed by atoms with Crippen molar-refractivity contribution in [1.29, 1.82) is 0 Å². The van der Waals surface area contributed by atoms with Crippen molar-refractivity contribution in [3.8, 4) is 0 Å². The molecule has 1 unspecified atom stereocenters. The van der Waals surface area contributed by atoms with Crippen LogP contribution in [-0.2, 0) is 4.79 Å². The highest BCUT2D eigenvalue weighted by molar-refractivity contribution is 5.80. The first-order valence-corrected chi connectivity index (χ1v) is 4.33. The third-order valence-electron chi connectivity index (χ3n) is 2.16. The van der Waals surface area contributed by atoms with Crippen LogP contribution in [0.15, 0.2) is 0 Å². The number of Topliss-reactive ketones (excluding diaryl/α,β-unsaturated/α-hetero) is 1. The van der Waals surface area contributed by atoms with Gasteiger partial charge in [-0.25, -0.2) is 0 Å². The summed E-state index contributed by atoms with van der Waals surface area (Å²) >= 11 is 0. The maximum absolute atomic E-state index is 11.7. The number of rotatable bonds is 4. The van der Waals surface area contributed by atoms with E-state index in [4.69, 9.17) is 0 Å². The van der Waals surface area contributed by atoms with E-state index >= 15 is 0 Å². The van der Waals surface area contributed by atoms with E-state index in [0.29, 0.717) is 0 Å². The van der Waals surface area contributed by atoms with Gasteiger partial charge in [0.2, 0.25) is 0 Å². The highest BCUT2D eigenvalue weighted by Crippen LogP contribution is 2.23. The van der Waals surface area contributed by atoms with E-state index in [0.717, 1.165) is 0 Å². The van der Waals surface area contributed by atoms with Crippen LogP contribution in [-0.4, -0.2) is 12.0 Å². The van der Waals surface area contributed by atoms with Gasteiger partial charge in [0, 0.05) is 12.3 Å². The van der Waals surface area contributed by atoms with Gasteiger partial charge in [-0.3, -0.25) is 4.79 Å². The van der Waals surface area contributed by atoms with Crippen molar-refractivity contribution in [3.05, 3.63) is 0 Å². The molecule has 0 radical (unpaired) electrons. The fourth-order valence-electron chi connectivity index (χ4n) is 0.864. The molecule has 0 heterocycles. The summed E-state index contributed by atoms with van der Waals surface area (Å²) in [5.41, 5.74) is 0. The molecule has 0 spiro atoms. The van der Waals surface area contributed by atoms with Crippen LogP contribution in [0.2, 0.25) is 0 Å². The zero-order valence-electron chi connectivity index (χ0n) is 8.11. The van der Waals surface area contributed by atoms with Crippen molar-refractivity contribution < 1.29 is 18.0 Å². The molecule has 0 aliphatic carbocycles. The third-order valence-corrected chi connectivity index (χ3v) is 2.16. The molecule has 0 aromatic heterocycles. The molecule has 0 aliphatic rings. The van der Waals surface area contributed by atoms with Gasteiger partial charge in [-0.2, -0.15) is 13.2 Å². The summed E-state index contributed by atoms with van der Waals surface area (Å²) in [5, 5.41) is 0. The summed E-state index contributed by atoms with van der Waals surface area (Å²) in [6, 6.07) is 0. The van der Waals surface area contributed by atoms with Gasteiger partial charge < -0.3 is 0 Å². The van der Waals surface area contributed by atoms with Gasteiger partial charge in [-0.05, 0) is 5.92 Å². The molecule has 0 N–H and O–H groups in total. The van der Waals surface area contributed by atoms with E-state index in [9.17, 15) is 18.0 Å². The van der Waals surface area contributed by atoms with Gasteiger partial charge in [0.25, 0.3) is 0 Å². The summed E-state index contributed by atoms with van der Waals surface area (Å²) in [5.74, 6) is -0.463. The Bertz CT molecular complexity index is 172. The Hall–Kier alpha value is -0.540. The summed E-state index contributed by atoms with van der Waals surface area (Å²) in [7, 11) is 0. The minimum Gasteiger partial charge on any atom is -0.299 e. The number of alkyl halides is 3. The molecule has 0 aliphatic heterocycles. The Balaban J connectivity index is 3.89. The van der Waals surface area contributed by atoms with Crippen LogP contribution in [0.25, 0.3) is 0 Å². The van der Waals surface area contributed by atoms with E-state index in [-0.39, 0.29) is 24.0 Å². The van der Waals surface area contributed by atoms with Crippen LogP contribution in [0, 0.1) is 11.8 Å². The minimum atomic E-state index is -4.22. The van der Waals surface area contributed by atoms with Crippen molar-refractivity contribution in [2.45, 2.75) is 39.8 Å². The molecule has 0 bridgehead atoms. The number of carbonyl (C=O) groups is 1. The summed E-state index contributed by atoms with van der Waals surface area (Å²) in [6.07, 6.45) is -5.60. The molecule has 0 aromatic carbocycles. The molecule has 1 nitrogen and oxygen atoms in total. The van der Waals surface area contributed by atoms with Gasteiger partial charge in [0.15, 0.2) is 0 Å². The number of hydrogen-bond donors (Lipinski definition) is 0. The van der Waals surface area contributed by atoms with Crippen molar-refractivity contribution in [2.24, 2.45) is 11.8 Å². The molecule has 0 saturated heterocycles.